The molecule has 1 N–H and O–H groups in total. The molecular formula is C28H33BrO6Si. The van der Waals surface area contributed by atoms with Gasteiger partial charge in [0.1, 0.15) is 0 Å². The average Bonchev–Trinajstić information content (AvgIpc) is 3.63. The number of aliphatic hydroxyl groups excluding tert-OH is 1. The summed E-state index contributed by atoms with van der Waals surface area (Å²) < 4.78 is 26.1. The molecule has 0 amide bonds. The second-order valence-corrected chi connectivity index (χ2v) is 15.8. The first-order chi connectivity index (χ1) is 17.2. The van der Waals surface area contributed by atoms with Crippen LogP contribution < -0.4 is 10.4 Å². The smallest absolute Gasteiger partial charge is 0.261 e. The summed E-state index contributed by atoms with van der Waals surface area (Å²) in [7, 11) is -2.87. The lowest BCUT2D eigenvalue weighted by Gasteiger charge is -2.46. The molecule has 2 atom stereocenters. The molecule has 6 nitrogen and oxygen atoms in total. The summed E-state index contributed by atoms with van der Waals surface area (Å²) in [5, 5.41) is 11.7. The molecule has 8 heteroatoms. The Labute approximate surface area is 221 Å². The van der Waals surface area contributed by atoms with Crippen molar-refractivity contribution in [3.05, 3.63) is 70.7 Å². The molecule has 0 unspecified atom stereocenters. The van der Waals surface area contributed by atoms with E-state index in [0.29, 0.717) is 23.3 Å². The molecule has 2 aliphatic heterocycles. The average molecular weight is 574 g/mol. The van der Waals surface area contributed by atoms with Gasteiger partial charge in [-0.3, -0.25) is 4.79 Å². The zero-order chi connectivity index (χ0) is 25.6. The van der Waals surface area contributed by atoms with Crippen molar-refractivity contribution >= 4 is 40.4 Å². The van der Waals surface area contributed by atoms with Gasteiger partial charge < -0.3 is 23.7 Å². The van der Waals surface area contributed by atoms with E-state index in [4.69, 9.17) is 18.6 Å². The molecule has 2 aromatic rings. The van der Waals surface area contributed by atoms with Gasteiger partial charge in [0.15, 0.2) is 11.7 Å². The summed E-state index contributed by atoms with van der Waals surface area (Å²) in [5.74, 6) is -1.41. The standard InChI is InChI=1S/C28H33BrO6Si/c1-26(2,3)36(20-11-6-4-7-12-20,21-13-8-5-9-14-21)34-19-22-23(29)24(31)27(15-16-30)25(35-27)28(22)32-17-10-18-33-28/h4-9,11-14,25,30H,10,15-19H2,1-3H3/t25-,27-/m0/s1. The highest BCUT2D eigenvalue weighted by Crippen LogP contribution is 2.58. The van der Waals surface area contributed by atoms with Crippen molar-refractivity contribution in [2.45, 2.75) is 56.1 Å². The minimum atomic E-state index is -2.87. The Kier molecular flexibility index (Phi) is 6.91. The lowest BCUT2D eigenvalue weighted by atomic mass is 9.81. The molecule has 1 spiro atoms. The van der Waals surface area contributed by atoms with Gasteiger partial charge in [0.25, 0.3) is 8.32 Å². The van der Waals surface area contributed by atoms with Crippen molar-refractivity contribution in [2.24, 2.45) is 0 Å². The number of Topliss-reactive ketones (excluding diaryl/α,β-unsaturated/α-hetero) is 1. The van der Waals surface area contributed by atoms with Gasteiger partial charge in [0.05, 0.1) is 24.3 Å². The van der Waals surface area contributed by atoms with Crippen LogP contribution in [0, 0.1) is 0 Å². The third-order valence-corrected chi connectivity index (χ3v) is 13.4. The van der Waals surface area contributed by atoms with E-state index in [-0.39, 0.29) is 30.5 Å². The fourth-order valence-electron chi connectivity index (χ4n) is 5.82. The van der Waals surface area contributed by atoms with Crippen molar-refractivity contribution in [3.8, 4) is 0 Å². The zero-order valence-corrected chi connectivity index (χ0v) is 23.5. The first-order valence-electron chi connectivity index (χ1n) is 12.5. The number of epoxide rings is 1. The van der Waals surface area contributed by atoms with Crippen LogP contribution in [0.4, 0.5) is 0 Å². The fourth-order valence-corrected chi connectivity index (χ4v) is 11.1. The minimum Gasteiger partial charge on any atom is -0.403 e. The van der Waals surface area contributed by atoms with E-state index in [0.717, 1.165) is 16.8 Å². The third kappa shape index (κ3) is 3.89. The van der Waals surface area contributed by atoms with Crippen molar-refractivity contribution in [3.63, 3.8) is 0 Å². The third-order valence-electron chi connectivity index (χ3n) is 7.56. The number of rotatable bonds is 7. The summed E-state index contributed by atoms with van der Waals surface area (Å²) in [6.45, 7) is 7.62. The molecule has 0 saturated carbocycles. The molecule has 5 rings (SSSR count). The molecule has 2 heterocycles. The van der Waals surface area contributed by atoms with Crippen LogP contribution in [0.5, 0.6) is 0 Å². The second-order valence-electron chi connectivity index (χ2n) is 10.7. The molecule has 2 fully saturated rings. The minimum absolute atomic E-state index is 0.147. The van der Waals surface area contributed by atoms with Crippen LogP contribution in [-0.2, 0) is 23.4 Å². The van der Waals surface area contributed by atoms with Gasteiger partial charge >= 0.3 is 0 Å². The fraction of sp³-hybridized carbons (Fsp3) is 0.464. The van der Waals surface area contributed by atoms with Crippen LogP contribution in [0.15, 0.2) is 70.7 Å². The highest BCUT2D eigenvalue weighted by Gasteiger charge is 2.76. The summed E-state index contributed by atoms with van der Waals surface area (Å²) in [6, 6.07) is 20.8. The largest absolute Gasteiger partial charge is 0.403 e. The van der Waals surface area contributed by atoms with E-state index in [1.54, 1.807) is 0 Å². The molecule has 1 aliphatic carbocycles. The first-order valence-corrected chi connectivity index (χ1v) is 15.2. The number of aliphatic hydroxyl groups is 1. The van der Waals surface area contributed by atoms with Gasteiger partial charge in [-0.1, -0.05) is 81.4 Å². The predicted octanol–water partition coefficient (Wildman–Crippen LogP) is 3.45. The maximum absolute atomic E-state index is 13.5. The SMILES string of the molecule is CC(C)(C)[Si](OCC1=C(Br)C(=O)[C@]2(CCO)O[C@@H]2C12OCCCO2)(c1ccccc1)c1ccccc1. The van der Waals surface area contributed by atoms with Crippen LogP contribution in [0.25, 0.3) is 0 Å². The quantitative estimate of drug-likeness (QED) is 0.404. The van der Waals surface area contributed by atoms with E-state index >= 15 is 0 Å². The predicted molar refractivity (Wildman–Crippen MR) is 143 cm³/mol. The van der Waals surface area contributed by atoms with Gasteiger partial charge in [0.2, 0.25) is 11.6 Å². The van der Waals surface area contributed by atoms with Crippen LogP contribution in [0.1, 0.15) is 33.6 Å². The van der Waals surface area contributed by atoms with Crippen molar-refractivity contribution in [1.29, 1.82) is 0 Å². The van der Waals surface area contributed by atoms with E-state index in [1.165, 1.54) is 0 Å². The lowest BCUT2D eigenvalue weighted by molar-refractivity contribution is -0.256. The number of ether oxygens (including phenoxy) is 3. The van der Waals surface area contributed by atoms with Gasteiger partial charge in [0, 0.05) is 18.6 Å². The Morgan fingerprint density at radius 3 is 2.08 bits per heavy atom. The molecule has 0 aromatic heterocycles. The molecule has 3 aliphatic rings. The van der Waals surface area contributed by atoms with E-state index in [9.17, 15) is 9.90 Å². The monoisotopic (exact) mass is 572 g/mol. The highest BCUT2D eigenvalue weighted by atomic mass is 79.9. The number of halogens is 1. The number of hydrogen-bond acceptors (Lipinski definition) is 6. The molecule has 0 radical (unpaired) electrons. The van der Waals surface area contributed by atoms with Crippen molar-refractivity contribution in [2.75, 3.05) is 26.4 Å². The van der Waals surface area contributed by atoms with E-state index in [2.05, 4.69) is 61.0 Å². The topological polar surface area (TPSA) is 77.5 Å². The first kappa shape index (κ1) is 26.0. The maximum Gasteiger partial charge on any atom is 0.261 e. The van der Waals surface area contributed by atoms with E-state index in [1.807, 2.05) is 36.4 Å². The summed E-state index contributed by atoms with van der Waals surface area (Å²) >= 11 is 3.58. The van der Waals surface area contributed by atoms with Crippen molar-refractivity contribution < 1.29 is 28.5 Å². The summed E-state index contributed by atoms with van der Waals surface area (Å²) in [5.41, 5.74) is -0.498. The van der Waals surface area contributed by atoms with Gasteiger partial charge in [-0.2, -0.15) is 0 Å². The van der Waals surface area contributed by atoms with E-state index < -0.39 is 25.8 Å². The maximum atomic E-state index is 13.5. The summed E-state index contributed by atoms with van der Waals surface area (Å²) in [4.78, 5) is 13.5. The molecule has 0 bridgehead atoms. The van der Waals surface area contributed by atoms with Crippen LogP contribution >= 0.6 is 15.9 Å². The van der Waals surface area contributed by atoms with Crippen LogP contribution in [0.2, 0.25) is 5.04 Å². The Balaban J connectivity index is 1.61. The Morgan fingerprint density at radius 2 is 1.58 bits per heavy atom. The molecule has 2 aromatic carbocycles. The molecule has 2 saturated heterocycles. The Morgan fingerprint density at radius 1 is 1.03 bits per heavy atom. The highest BCUT2D eigenvalue weighted by molar-refractivity contribution is 9.12. The normalized spacial score (nSPS) is 25.7. The number of hydrogen-bond donors (Lipinski definition) is 1. The van der Waals surface area contributed by atoms with Gasteiger partial charge in [-0.15, -0.1) is 0 Å². The number of carbonyl (C=O) groups is 1. The van der Waals surface area contributed by atoms with Crippen molar-refractivity contribution in [1.82, 2.24) is 0 Å². The van der Waals surface area contributed by atoms with Gasteiger partial charge in [-0.05, 0) is 37.8 Å². The van der Waals surface area contributed by atoms with Crippen LogP contribution in [0.3, 0.4) is 0 Å². The lowest BCUT2D eigenvalue weighted by Crippen LogP contribution is -2.67. The Hall–Kier alpha value is -1.65. The second kappa shape index (κ2) is 9.58. The Bertz CT molecular complexity index is 1100. The number of carbonyl (C=O) groups excluding carboxylic acids is 1. The number of benzene rings is 2. The zero-order valence-electron chi connectivity index (χ0n) is 21.0. The number of ketones is 1. The van der Waals surface area contributed by atoms with Crippen LogP contribution in [-0.4, -0.2) is 63.1 Å². The van der Waals surface area contributed by atoms with Gasteiger partial charge in [-0.25, -0.2) is 0 Å². The number of fused-ring (bicyclic) bond motifs is 2. The molecule has 192 valence electrons. The summed E-state index contributed by atoms with van der Waals surface area (Å²) in [6.07, 6.45) is 0.350. The molecule has 36 heavy (non-hydrogen) atoms. The molecular weight excluding hydrogens is 540 g/mol.